The predicted octanol–water partition coefficient (Wildman–Crippen LogP) is 4.16. The lowest BCUT2D eigenvalue weighted by atomic mass is 10.1. The summed E-state index contributed by atoms with van der Waals surface area (Å²) in [6.07, 6.45) is 2.04. The van der Waals surface area contributed by atoms with Gasteiger partial charge in [0.25, 0.3) is 0 Å². The summed E-state index contributed by atoms with van der Waals surface area (Å²) >= 11 is 0. The number of para-hydroxylation sites is 1. The van der Waals surface area contributed by atoms with Gasteiger partial charge in [-0.2, -0.15) is 0 Å². The van der Waals surface area contributed by atoms with Crippen LogP contribution in [0.25, 0.3) is 10.9 Å². The van der Waals surface area contributed by atoms with Gasteiger partial charge in [0.1, 0.15) is 5.82 Å². The molecule has 2 N–H and O–H groups in total. The lowest BCUT2D eigenvalue weighted by Crippen LogP contribution is -2.17. The van der Waals surface area contributed by atoms with E-state index in [0.717, 1.165) is 17.6 Å². The molecule has 0 amide bonds. The van der Waals surface area contributed by atoms with Gasteiger partial charge in [0.2, 0.25) is 0 Å². The maximum Gasteiger partial charge on any atom is 0.123 e. The Kier molecular flexibility index (Phi) is 3.52. The van der Waals surface area contributed by atoms with E-state index in [1.807, 2.05) is 30.5 Å². The van der Waals surface area contributed by atoms with Crippen molar-refractivity contribution in [2.75, 3.05) is 0 Å². The predicted molar refractivity (Wildman–Crippen MR) is 80.0 cm³/mol. The number of aromatic nitrogens is 1. The van der Waals surface area contributed by atoms with Crippen LogP contribution in [0.1, 0.15) is 24.1 Å². The fourth-order valence-electron chi connectivity index (χ4n) is 2.41. The van der Waals surface area contributed by atoms with Gasteiger partial charge in [0.05, 0.1) is 0 Å². The highest BCUT2D eigenvalue weighted by Crippen LogP contribution is 2.19. The zero-order chi connectivity index (χ0) is 13.9. The SMILES string of the molecule is CC(NCc1c[nH]c2ccccc12)c1ccc(F)cc1. The van der Waals surface area contributed by atoms with Crippen molar-refractivity contribution < 1.29 is 4.39 Å². The second kappa shape index (κ2) is 5.47. The topological polar surface area (TPSA) is 27.8 Å². The maximum atomic E-state index is 12.9. The fourth-order valence-corrected chi connectivity index (χ4v) is 2.41. The van der Waals surface area contributed by atoms with Crippen molar-refractivity contribution >= 4 is 10.9 Å². The minimum Gasteiger partial charge on any atom is -0.361 e. The van der Waals surface area contributed by atoms with Crippen LogP contribution in [0.15, 0.2) is 54.7 Å². The van der Waals surface area contributed by atoms with E-state index in [0.29, 0.717) is 0 Å². The Morgan fingerprint density at radius 2 is 1.85 bits per heavy atom. The van der Waals surface area contributed by atoms with Gasteiger partial charge in [-0.15, -0.1) is 0 Å². The quantitative estimate of drug-likeness (QED) is 0.730. The molecule has 0 aliphatic heterocycles. The van der Waals surface area contributed by atoms with Gasteiger partial charge in [0, 0.05) is 29.7 Å². The third-order valence-electron chi connectivity index (χ3n) is 3.64. The van der Waals surface area contributed by atoms with Crippen molar-refractivity contribution in [1.82, 2.24) is 10.3 Å². The first-order chi connectivity index (χ1) is 9.74. The molecule has 0 saturated heterocycles. The molecule has 2 aromatic carbocycles. The normalized spacial score (nSPS) is 12.7. The molecule has 0 bridgehead atoms. The molecule has 1 unspecified atom stereocenters. The van der Waals surface area contributed by atoms with Crippen molar-refractivity contribution in [3.8, 4) is 0 Å². The second-order valence-corrected chi connectivity index (χ2v) is 5.01. The molecule has 1 atom stereocenters. The third kappa shape index (κ3) is 2.58. The third-order valence-corrected chi connectivity index (χ3v) is 3.64. The Morgan fingerprint density at radius 1 is 1.10 bits per heavy atom. The second-order valence-electron chi connectivity index (χ2n) is 5.01. The lowest BCUT2D eigenvalue weighted by Gasteiger charge is -2.14. The molecular weight excluding hydrogens is 251 g/mol. The summed E-state index contributed by atoms with van der Waals surface area (Å²) in [4.78, 5) is 3.27. The van der Waals surface area contributed by atoms with Gasteiger partial charge in [-0.3, -0.25) is 0 Å². The van der Waals surface area contributed by atoms with E-state index in [2.05, 4.69) is 29.4 Å². The van der Waals surface area contributed by atoms with Crippen molar-refractivity contribution in [3.05, 3.63) is 71.7 Å². The Balaban J connectivity index is 1.71. The first kappa shape index (κ1) is 12.9. The Bertz CT molecular complexity index is 700. The van der Waals surface area contributed by atoms with Gasteiger partial charge in [-0.05, 0) is 36.2 Å². The van der Waals surface area contributed by atoms with Crippen LogP contribution in [-0.2, 0) is 6.54 Å². The molecule has 1 heterocycles. The first-order valence-electron chi connectivity index (χ1n) is 6.78. The number of aromatic amines is 1. The molecule has 0 radical (unpaired) electrons. The summed E-state index contributed by atoms with van der Waals surface area (Å²) < 4.78 is 12.9. The number of rotatable bonds is 4. The minimum absolute atomic E-state index is 0.185. The van der Waals surface area contributed by atoms with Crippen LogP contribution in [0.3, 0.4) is 0 Å². The summed E-state index contributed by atoms with van der Waals surface area (Å²) in [7, 11) is 0. The van der Waals surface area contributed by atoms with Crippen LogP contribution in [0.2, 0.25) is 0 Å². The molecular formula is C17H17FN2. The van der Waals surface area contributed by atoms with Crippen LogP contribution in [-0.4, -0.2) is 4.98 Å². The van der Waals surface area contributed by atoms with Gasteiger partial charge >= 0.3 is 0 Å². The van der Waals surface area contributed by atoms with Crippen LogP contribution < -0.4 is 5.32 Å². The van der Waals surface area contributed by atoms with E-state index < -0.39 is 0 Å². The molecule has 0 fully saturated rings. The number of hydrogen-bond acceptors (Lipinski definition) is 1. The highest BCUT2D eigenvalue weighted by Gasteiger charge is 2.07. The highest BCUT2D eigenvalue weighted by atomic mass is 19.1. The molecule has 0 saturated carbocycles. The molecule has 3 aromatic rings. The lowest BCUT2D eigenvalue weighted by molar-refractivity contribution is 0.572. The molecule has 3 heteroatoms. The Morgan fingerprint density at radius 3 is 2.65 bits per heavy atom. The molecule has 102 valence electrons. The van der Waals surface area contributed by atoms with Crippen LogP contribution in [0.4, 0.5) is 4.39 Å². The zero-order valence-electron chi connectivity index (χ0n) is 11.4. The van der Waals surface area contributed by atoms with Crippen molar-refractivity contribution in [2.24, 2.45) is 0 Å². The van der Waals surface area contributed by atoms with Gasteiger partial charge < -0.3 is 10.3 Å². The van der Waals surface area contributed by atoms with Crippen LogP contribution in [0.5, 0.6) is 0 Å². The number of H-pyrrole nitrogens is 1. The molecule has 2 nitrogen and oxygen atoms in total. The average Bonchev–Trinajstić information content (AvgIpc) is 2.89. The molecule has 0 aliphatic rings. The highest BCUT2D eigenvalue weighted by molar-refractivity contribution is 5.82. The number of fused-ring (bicyclic) bond motifs is 1. The van der Waals surface area contributed by atoms with Crippen molar-refractivity contribution in [3.63, 3.8) is 0 Å². The summed E-state index contributed by atoms with van der Waals surface area (Å²) in [5, 5.41) is 4.71. The number of halogens is 1. The molecule has 3 rings (SSSR count). The van der Waals surface area contributed by atoms with E-state index in [-0.39, 0.29) is 11.9 Å². The molecule has 0 spiro atoms. The number of hydrogen-bond donors (Lipinski definition) is 2. The van der Waals surface area contributed by atoms with Gasteiger partial charge in [-0.25, -0.2) is 4.39 Å². The Hall–Kier alpha value is -2.13. The van der Waals surface area contributed by atoms with Gasteiger partial charge in [-0.1, -0.05) is 30.3 Å². The van der Waals surface area contributed by atoms with E-state index in [1.54, 1.807) is 0 Å². The van der Waals surface area contributed by atoms with Gasteiger partial charge in [0.15, 0.2) is 0 Å². The average molecular weight is 268 g/mol. The van der Waals surface area contributed by atoms with E-state index in [9.17, 15) is 4.39 Å². The van der Waals surface area contributed by atoms with E-state index >= 15 is 0 Å². The smallest absolute Gasteiger partial charge is 0.123 e. The van der Waals surface area contributed by atoms with Crippen LogP contribution >= 0.6 is 0 Å². The number of benzene rings is 2. The molecule has 1 aromatic heterocycles. The first-order valence-corrected chi connectivity index (χ1v) is 6.78. The molecule has 0 aliphatic carbocycles. The van der Waals surface area contributed by atoms with E-state index in [1.165, 1.54) is 23.1 Å². The standard InChI is InChI=1S/C17H17FN2/c1-12(13-6-8-15(18)9-7-13)19-10-14-11-20-17-5-3-2-4-16(14)17/h2-9,11-12,19-20H,10H2,1H3. The largest absolute Gasteiger partial charge is 0.361 e. The van der Waals surface area contributed by atoms with Crippen molar-refractivity contribution in [1.29, 1.82) is 0 Å². The van der Waals surface area contributed by atoms with Crippen LogP contribution in [0, 0.1) is 5.82 Å². The fraction of sp³-hybridized carbons (Fsp3) is 0.176. The summed E-state index contributed by atoms with van der Waals surface area (Å²) in [5.41, 5.74) is 3.49. The summed E-state index contributed by atoms with van der Waals surface area (Å²) in [6.45, 7) is 2.87. The maximum absolute atomic E-state index is 12.9. The van der Waals surface area contributed by atoms with Crippen molar-refractivity contribution in [2.45, 2.75) is 19.5 Å². The summed E-state index contributed by atoms with van der Waals surface area (Å²) in [5.74, 6) is -0.197. The van der Waals surface area contributed by atoms with E-state index in [4.69, 9.17) is 0 Å². The Labute approximate surface area is 117 Å². The zero-order valence-corrected chi connectivity index (χ0v) is 11.4. The minimum atomic E-state index is -0.197. The molecule has 20 heavy (non-hydrogen) atoms. The number of nitrogens with one attached hydrogen (secondary N) is 2. The summed E-state index contributed by atoms with van der Waals surface area (Å²) in [6, 6.07) is 15.1. The monoisotopic (exact) mass is 268 g/mol.